The molecule has 6 heteroatoms. The predicted octanol–water partition coefficient (Wildman–Crippen LogP) is 4.94. The molecule has 3 rings (SSSR count). The number of benzene rings is 2. The number of amides is 1. The fraction of sp³-hybridized carbons (Fsp3) is 0.435. The number of nitrogens with zero attached hydrogens (tertiary/aromatic N) is 1. The summed E-state index contributed by atoms with van der Waals surface area (Å²) < 4.78 is 27.4. The molecule has 0 aliphatic carbocycles. The standard InChI is InChI=1S/C23H30N2O3S/c1-17(2)21-10-8-9-18(3)22(21)24-23(26)19-11-13-20(14-12-19)29(27,28)25-15-6-4-5-7-16-25/h8-14,17H,4-7,15-16H2,1-3H3,(H,24,26). The first-order valence-corrected chi connectivity index (χ1v) is 11.8. The quantitative estimate of drug-likeness (QED) is 0.754. The molecule has 0 aromatic heterocycles. The molecule has 1 saturated heterocycles. The molecule has 2 aromatic carbocycles. The van der Waals surface area contributed by atoms with Crippen LogP contribution in [0, 0.1) is 6.92 Å². The van der Waals surface area contributed by atoms with Crippen molar-refractivity contribution < 1.29 is 13.2 Å². The summed E-state index contributed by atoms with van der Waals surface area (Å²) in [6, 6.07) is 12.2. The minimum Gasteiger partial charge on any atom is -0.321 e. The second kappa shape index (κ2) is 9.09. The van der Waals surface area contributed by atoms with Gasteiger partial charge in [0.15, 0.2) is 0 Å². The van der Waals surface area contributed by atoms with Gasteiger partial charge in [0.05, 0.1) is 4.90 Å². The molecule has 0 spiro atoms. The highest BCUT2D eigenvalue weighted by atomic mass is 32.2. The Morgan fingerprint density at radius 3 is 2.17 bits per heavy atom. The number of hydrogen-bond acceptors (Lipinski definition) is 3. The number of para-hydroxylation sites is 1. The van der Waals surface area contributed by atoms with Crippen LogP contribution in [-0.4, -0.2) is 31.7 Å². The van der Waals surface area contributed by atoms with E-state index in [-0.39, 0.29) is 16.7 Å². The van der Waals surface area contributed by atoms with Crippen molar-refractivity contribution in [1.82, 2.24) is 4.31 Å². The molecular weight excluding hydrogens is 384 g/mol. The Hall–Kier alpha value is -2.18. The van der Waals surface area contributed by atoms with Gasteiger partial charge in [-0.15, -0.1) is 0 Å². The van der Waals surface area contributed by atoms with E-state index < -0.39 is 10.0 Å². The highest BCUT2D eigenvalue weighted by molar-refractivity contribution is 7.89. The van der Waals surface area contributed by atoms with Crippen LogP contribution in [-0.2, 0) is 10.0 Å². The zero-order chi connectivity index (χ0) is 21.0. The van der Waals surface area contributed by atoms with E-state index in [2.05, 4.69) is 19.2 Å². The van der Waals surface area contributed by atoms with Gasteiger partial charge < -0.3 is 5.32 Å². The first-order chi connectivity index (χ1) is 13.8. The number of sulfonamides is 1. The molecule has 0 atom stereocenters. The van der Waals surface area contributed by atoms with E-state index in [0.717, 1.165) is 42.5 Å². The van der Waals surface area contributed by atoms with Crippen molar-refractivity contribution >= 4 is 21.6 Å². The summed E-state index contributed by atoms with van der Waals surface area (Å²) >= 11 is 0. The van der Waals surface area contributed by atoms with E-state index in [0.29, 0.717) is 18.7 Å². The minimum absolute atomic E-state index is 0.236. The van der Waals surface area contributed by atoms with Gasteiger partial charge in [-0.25, -0.2) is 8.42 Å². The summed E-state index contributed by atoms with van der Waals surface area (Å²) in [5.74, 6) is 0.0475. The predicted molar refractivity (Wildman–Crippen MR) is 117 cm³/mol. The van der Waals surface area contributed by atoms with Gasteiger partial charge in [-0.3, -0.25) is 4.79 Å². The highest BCUT2D eigenvalue weighted by Crippen LogP contribution is 2.28. The van der Waals surface area contributed by atoms with Crippen LogP contribution in [0.2, 0.25) is 0 Å². The maximum Gasteiger partial charge on any atom is 0.255 e. The third-order valence-corrected chi connectivity index (χ3v) is 7.40. The Labute approximate surface area is 174 Å². The molecule has 1 amide bonds. The van der Waals surface area contributed by atoms with Crippen LogP contribution < -0.4 is 5.32 Å². The van der Waals surface area contributed by atoms with Crippen molar-refractivity contribution in [2.75, 3.05) is 18.4 Å². The Bertz CT molecular complexity index is 958. The van der Waals surface area contributed by atoms with Crippen LogP contribution in [0.3, 0.4) is 0 Å². The average Bonchev–Trinajstić information content (AvgIpc) is 2.99. The number of nitrogens with one attached hydrogen (secondary N) is 1. The van der Waals surface area contributed by atoms with E-state index in [9.17, 15) is 13.2 Å². The first-order valence-electron chi connectivity index (χ1n) is 10.3. The van der Waals surface area contributed by atoms with Gasteiger partial charge >= 0.3 is 0 Å². The summed E-state index contributed by atoms with van der Waals surface area (Å²) in [4.78, 5) is 13.0. The third-order valence-electron chi connectivity index (χ3n) is 5.48. The molecule has 1 aliphatic heterocycles. The lowest BCUT2D eigenvalue weighted by Gasteiger charge is -2.20. The Kier molecular flexibility index (Phi) is 6.75. The maximum atomic E-state index is 12.9. The molecule has 1 aliphatic rings. The zero-order valence-electron chi connectivity index (χ0n) is 17.4. The molecule has 2 aromatic rings. The van der Waals surface area contributed by atoms with E-state index in [1.807, 2.05) is 25.1 Å². The van der Waals surface area contributed by atoms with Crippen LogP contribution in [0.1, 0.15) is 66.9 Å². The molecule has 5 nitrogen and oxygen atoms in total. The summed E-state index contributed by atoms with van der Waals surface area (Å²) in [6.07, 6.45) is 3.94. The van der Waals surface area contributed by atoms with Crippen molar-refractivity contribution in [2.45, 2.75) is 57.3 Å². The van der Waals surface area contributed by atoms with Gasteiger partial charge in [0.25, 0.3) is 5.91 Å². The summed E-state index contributed by atoms with van der Waals surface area (Å²) in [7, 11) is -3.51. The van der Waals surface area contributed by atoms with E-state index in [1.165, 1.54) is 12.1 Å². The number of anilines is 1. The van der Waals surface area contributed by atoms with Crippen molar-refractivity contribution in [3.8, 4) is 0 Å². The van der Waals surface area contributed by atoms with Crippen LogP contribution in [0.15, 0.2) is 47.4 Å². The maximum absolute atomic E-state index is 12.9. The van der Waals surface area contributed by atoms with Gasteiger partial charge in [0.1, 0.15) is 0 Å². The molecule has 0 saturated carbocycles. The second-order valence-electron chi connectivity index (χ2n) is 7.99. The molecule has 1 N–H and O–H groups in total. The number of rotatable bonds is 5. The van der Waals surface area contributed by atoms with Crippen LogP contribution in [0.5, 0.6) is 0 Å². The monoisotopic (exact) mass is 414 g/mol. The average molecular weight is 415 g/mol. The zero-order valence-corrected chi connectivity index (χ0v) is 18.3. The Morgan fingerprint density at radius 1 is 0.966 bits per heavy atom. The number of hydrogen-bond donors (Lipinski definition) is 1. The number of aryl methyl sites for hydroxylation is 1. The molecule has 0 radical (unpaired) electrons. The fourth-order valence-corrected chi connectivity index (χ4v) is 5.25. The van der Waals surface area contributed by atoms with Gasteiger partial charge in [0, 0.05) is 24.3 Å². The second-order valence-corrected chi connectivity index (χ2v) is 9.93. The topological polar surface area (TPSA) is 66.5 Å². The molecule has 0 bridgehead atoms. The Balaban J connectivity index is 1.79. The molecule has 1 fully saturated rings. The lowest BCUT2D eigenvalue weighted by atomic mass is 9.98. The van der Waals surface area contributed by atoms with Crippen LogP contribution in [0.25, 0.3) is 0 Å². The van der Waals surface area contributed by atoms with Crippen LogP contribution in [0.4, 0.5) is 5.69 Å². The van der Waals surface area contributed by atoms with E-state index in [4.69, 9.17) is 0 Å². The van der Waals surface area contributed by atoms with E-state index in [1.54, 1.807) is 16.4 Å². The normalized spacial score (nSPS) is 15.9. The van der Waals surface area contributed by atoms with Gasteiger partial charge in [0.2, 0.25) is 10.0 Å². The van der Waals surface area contributed by atoms with E-state index >= 15 is 0 Å². The lowest BCUT2D eigenvalue weighted by Crippen LogP contribution is -2.31. The summed E-state index contributed by atoms with van der Waals surface area (Å²) in [5.41, 5.74) is 3.36. The van der Waals surface area contributed by atoms with Gasteiger partial charge in [-0.05, 0) is 61.1 Å². The third kappa shape index (κ3) is 4.87. The molecular formula is C23H30N2O3S. The van der Waals surface area contributed by atoms with Crippen molar-refractivity contribution in [3.05, 3.63) is 59.2 Å². The summed E-state index contributed by atoms with van der Waals surface area (Å²) in [6.45, 7) is 7.28. The van der Waals surface area contributed by atoms with Gasteiger partial charge in [-0.1, -0.05) is 44.9 Å². The molecule has 0 unspecified atom stereocenters. The molecule has 1 heterocycles. The first kappa shape index (κ1) is 21.5. The molecule has 156 valence electrons. The van der Waals surface area contributed by atoms with Crippen LogP contribution >= 0.6 is 0 Å². The highest BCUT2D eigenvalue weighted by Gasteiger charge is 2.25. The van der Waals surface area contributed by atoms with Crippen molar-refractivity contribution in [3.63, 3.8) is 0 Å². The Morgan fingerprint density at radius 2 is 1.59 bits per heavy atom. The number of carbonyl (C=O) groups excluding carboxylic acids is 1. The smallest absolute Gasteiger partial charge is 0.255 e. The number of carbonyl (C=O) groups is 1. The SMILES string of the molecule is Cc1cccc(C(C)C)c1NC(=O)c1ccc(S(=O)(=O)N2CCCCCC2)cc1. The lowest BCUT2D eigenvalue weighted by molar-refractivity contribution is 0.102. The summed E-state index contributed by atoms with van der Waals surface area (Å²) in [5, 5.41) is 3.01. The minimum atomic E-state index is -3.51. The fourth-order valence-electron chi connectivity index (χ4n) is 3.74. The largest absolute Gasteiger partial charge is 0.321 e. The van der Waals surface area contributed by atoms with Crippen molar-refractivity contribution in [2.24, 2.45) is 0 Å². The van der Waals surface area contributed by atoms with Gasteiger partial charge in [-0.2, -0.15) is 4.31 Å². The van der Waals surface area contributed by atoms with Crippen molar-refractivity contribution in [1.29, 1.82) is 0 Å². The molecule has 29 heavy (non-hydrogen) atoms.